The zero-order valence-corrected chi connectivity index (χ0v) is 13.8. The van der Waals surface area contributed by atoms with Crippen molar-refractivity contribution in [1.82, 2.24) is 4.57 Å². The van der Waals surface area contributed by atoms with E-state index in [0.29, 0.717) is 0 Å². The van der Waals surface area contributed by atoms with E-state index in [9.17, 15) is 0 Å². The number of aromatic nitrogens is 1. The molecule has 2 aromatic carbocycles. The zero-order chi connectivity index (χ0) is 14.9. The maximum Gasteiger partial charge on any atom is 0.0537 e. The topological polar surface area (TPSA) is 4.93 Å². The van der Waals surface area contributed by atoms with E-state index >= 15 is 0 Å². The third kappa shape index (κ3) is 2.24. The fourth-order valence-electron chi connectivity index (χ4n) is 3.14. The van der Waals surface area contributed by atoms with Crippen molar-refractivity contribution in [3.05, 3.63) is 82.5 Å². The smallest absolute Gasteiger partial charge is 0.0537 e. The van der Waals surface area contributed by atoms with Gasteiger partial charge in [0.2, 0.25) is 0 Å². The first-order valence-electron chi connectivity index (χ1n) is 7.54. The SMILES string of the molecule is Brc1ccc(-n2c3c(c4ccccc42)C/C=C\C/C=C\3)cc1. The molecule has 3 aromatic rings. The third-order valence-corrected chi connectivity index (χ3v) is 4.67. The number of fused-ring (bicyclic) bond motifs is 3. The van der Waals surface area contributed by atoms with Crippen LogP contribution in [0.25, 0.3) is 22.7 Å². The van der Waals surface area contributed by atoms with Crippen LogP contribution in [0.5, 0.6) is 0 Å². The summed E-state index contributed by atoms with van der Waals surface area (Å²) in [6.45, 7) is 0. The van der Waals surface area contributed by atoms with Gasteiger partial charge >= 0.3 is 0 Å². The highest BCUT2D eigenvalue weighted by Crippen LogP contribution is 2.32. The van der Waals surface area contributed by atoms with Gasteiger partial charge in [-0.1, -0.05) is 52.4 Å². The van der Waals surface area contributed by atoms with Crippen molar-refractivity contribution in [2.75, 3.05) is 0 Å². The summed E-state index contributed by atoms with van der Waals surface area (Å²) < 4.78 is 3.47. The largest absolute Gasteiger partial charge is 0.310 e. The maximum atomic E-state index is 3.52. The highest BCUT2D eigenvalue weighted by atomic mass is 79.9. The predicted octanol–water partition coefficient (Wildman–Crippen LogP) is 5.91. The molecule has 0 spiro atoms. The number of allylic oxidation sites excluding steroid dienone is 3. The Morgan fingerprint density at radius 2 is 1.68 bits per heavy atom. The molecule has 0 saturated heterocycles. The Morgan fingerprint density at radius 3 is 2.55 bits per heavy atom. The van der Waals surface area contributed by atoms with Gasteiger partial charge in [0.1, 0.15) is 0 Å². The fourth-order valence-corrected chi connectivity index (χ4v) is 3.40. The van der Waals surface area contributed by atoms with Crippen molar-refractivity contribution in [1.29, 1.82) is 0 Å². The van der Waals surface area contributed by atoms with Crippen molar-refractivity contribution in [2.24, 2.45) is 0 Å². The molecule has 4 rings (SSSR count). The normalized spacial score (nSPS) is 16.8. The first kappa shape index (κ1) is 13.6. The van der Waals surface area contributed by atoms with Crippen LogP contribution in [-0.2, 0) is 6.42 Å². The molecule has 0 aliphatic heterocycles. The summed E-state index contributed by atoms with van der Waals surface area (Å²) in [5, 5.41) is 1.34. The number of benzene rings is 2. The number of hydrogen-bond donors (Lipinski definition) is 0. The Labute approximate surface area is 138 Å². The summed E-state index contributed by atoms with van der Waals surface area (Å²) in [6.07, 6.45) is 11.0. The maximum absolute atomic E-state index is 3.52. The molecule has 1 aliphatic rings. The summed E-state index contributed by atoms with van der Waals surface area (Å²) >= 11 is 3.52. The molecule has 0 unspecified atom stereocenters. The molecule has 1 nitrogen and oxygen atoms in total. The monoisotopic (exact) mass is 349 g/mol. The molecule has 0 N–H and O–H groups in total. The van der Waals surface area contributed by atoms with Gasteiger partial charge in [-0.25, -0.2) is 0 Å². The number of para-hydroxylation sites is 1. The van der Waals surface area contributed by atoms with E-state index in [-0.39, 0.29) is 0 Å². The number of hydrogen-bond acceptors (Lipinski definition) is 0. The molecule has 0 amide bonds. The van der Waals surface area contributed by atoms with Gasteiger partial charge in [0.25, 0.3) is 0 Å². The molecular weight excluding hydrogens is 334 g/mol. The standard InChI is InChI=1S/C20H16BrN/c21-15-11-13-16(14-12-15)22-19-9-4-2-1-3-7-17(19)18-8-5-6-10-20(18)22/h1,3-6,8-14H,2,7H2/b3-1-,9-4-. The first-order valence-corrected chi connectivity index (χ1v) is 8.34. The lowest BCUT2D eigenvalue weighted by Gasteiger charge is -2.10. The van der Waals surface area contributed by atoms with E-state index in [1.807, 2.05) is 0 Å². The van der Waals surface area contributed by atoms with E-state index in [1.54, 1.807) is 0 Å². The van der Waals surface area contributed by atoms with Crippen LogP contribution in [0.2, 0.25) is 0 Å². The van der Waals surface area contributed by atoms with Crippen LogP contribution in [0.15, 0.2) is 71.2 Å². The molecule has 0 fully saturated rings. The van der Waals surface area contributed by atoms with Gasteiger partial charge in [-0.2, -0.15) is 0 Å². The molecule has 2 heteroatoms. The van der Waals surface area contributed by atoms with E-state index in [0.717, 1.165) is 17.3 Å². The van der Waals surface area contributed by atoms with Gasteiger partial charge in [-0.05, 0) is 54.8 Å². The molecular formula is C20H16BrN. The van der Waals surface area contributed by atoms with Gasteiger partial charge in [0.15, 0.2) is 0 Å². The summed E-state index contributed by atoms with van der Waals surface area (Å²) in [6, 6.07) is 17.2. The van der Waals surface area contributed by atoms with Crippen molar-refractivity contribution in [3.8, 4) is 5.69 Å². The lowest BCUT2D eigenvalue weighted by atomic mass is 10.0. The van der Waals surface area contributed by atoms with Crippen LogP contribution < -0.4 is 0 Å². The van der Waals surface area contributed by atoms with Crippen LogP contribution >= 0.6 is 15.9 Å². The van der Waals surface area contributed by atoms with E-state index < -0.39 is 0 Å². The number of nitrogens with zero attached hydrogens (tertiary/aromatic N) is 1. The predicted molar refractivity (Wildman–Crippen MR) is 97.5 cm³/mol. The Morgan fingerprint density at radius 1 is 0.864 bits per heavy atom. The molecule has 0 saturated carbocycles. The Bertz CT molecular complexity index is 882. The molecule has 1 aliphatic carbocycles. The number of rotatable bonds is 1. The second kappa shape index (κ2) is 5.62. The quantitative estimate of drug-likeness (QED) is 0.481. The molecule has 22 heavy (non-hydrogen) atoms. The second-order valence-electron chi connectivity index (χ2n) is 5.51. The summed E-state index contributed by atoms with van der Waals surface area (Å²) in [5.74, 6) is 0. The molecule has 0 radical (unpaired) electrons. The van der Waals surface area contributed by atoms with Crippen molar-refractivity contribution < 1.29 is 0 Å². The molecule has 1 aromatic heterocycles. The minimum atomic E-state index is 0.990. The molecule has 0 bridgehead atoms. The summed E-state index contributed by atoms with van der Waals surface area (Å²) in [7, 11) is 0. The first-order chi connectivity index (χ1) is 10.8. The van der Waals surface area contributed by atoms with Crippen molar-refractivity contribution in [2.45, 2.75) is 12.8 Å². The molecule has 108 valence electrons. The van der Waals surface area contributed by atoms with E-state index in [1.165, 1.54) is 27.8 Å². The Kier molecular flexibility index (Phi) is 3.47. The van der Waals surface area contributed by atoms with Crippen LogP contribution in [0.3, 0.4) is 0 Å². The van der Waals surface area contributed by atoms with Gasteiger partial charge in [-0.15, -0.1) is 0 Å². The lowest BCUT2D eigenvalue weighted by molar-refractivity contribution is 1.08. The van der Waals surface area contributed by atoms with Gasteiger partial charge < -0.3 is 4.57 Å². The number of halogens is 1. The molecule has 0 atom stereocenters. The molecule has 1 heterocycles. The van der Waals surface area contributed by atoms with Crippen LogP contribution in [0.1, 0.15) is 17.7 Å². The fraction of sp³-hybridized carbons (Fsp3) is 0.100. The third-order valence-electron chi connectivity index (χ3n) is 4.14. The highest BCUT2D eigenvalue weighted by Gasteiger charge is 2.15. The Balaban J connectivity index is 2.06. The average Bonchev–Trinajstić information content (AvgIpc) is 2.81. The minimum Gasteiger partial charge on any atom is -0.310 e. The van der Waals surface area contributed by atoms with Crippen LogP contribution in [0.4, 0.5) is 0 Å². The van der Waals surface area contributed by atoms with Crippen molar-refractivity contribution >= 4 is 32.9 Å². The van der Waals surface area contributed by atoms with Gasteiger partial charge in [0.05, 0.1) is 11.2 Å². The summed E-state index contributed by atoms with van der Waals surface area (Å²) in [5.41, 5.74) is 5.18. The van der Waals surface area contributed by atoms with Gasteiger partial charge in [-0.3, -0.25) is 0 Å². The van der Waals surface area contributed by atoms with E-state index in [2.05, 4.69) is 93.3 Å². The minimum absolute atomic E-state index is 0.990. The lowest BCUT2D eigenvalue weighted by Crippen LogP contribution is -1.98. The summed E-state index contributed by atoms with van der Waals surface area (Å²) in [4.78, 5) is 0. The van der Waals surface area contributed by atoms with Gasteiger partial charge in [0, 0.05) is 15.5 Å². The zero-order valence-electron chi connectivity index (χ0n) is 12.2. The average molecular weight is 350 g/mol. The van der Waals surface area contributed by atoms with Crippen LogP contribution in [-0.4, -0.2) is 4.57 Å². The highest BCUT2D eigenvalue weighted by molar-refractivity contribution is 9.10. The second-order valence-corrected chi connectivity index (χ2v) is 6.42. The van der Waals surface area contributed by atoms with Crippen LogP contribution in [0, 0.1) is 0 Å². The van der Waals surface area contributed by atoms with E-state index in [4.69, 9.17) is 0 Å². The van der Waals surface area contributed by atoms with Crippen molar-refractivity contribution in [3.63, 3.8) is 0 Å². The Hall–Kier alpha value is -2.06.